The van der Waals surface area contributed by atoms with E-state index in [4.69, 9.17) is 8.97 Å². The zero-order valence-electron chi connectivity index (χ0n) is 8.08. The van der Waals surface area contributed by atoms with Gasteiger partial charge in [0.05, 0.1) is 6.26 Å². The maximum atomic E-state index is 11.1. The van der Waals surface area contributed by atoms with E-state index in [2.05, 4.69) is 0 Å². The molecule has 84 valence electrons. The van der Waals surface area contributed by atoms with Gasteiger partial charge in [-0.15, -0.1) is 0 Å². The third kappa shape index (κ3) is 3.07. The predicted octanol–water partition coefficient (Wildman–Crippen LogP) is 0.865. The Bertz CT molecular complexity index is 459. The molecule has 0 aromatic carbocycles. The first-order valence-electron chi connectivity index (χ1n) is 4.28. The molecule has 0 aliphatic carbocycles. The monoisotopic (exact) mass is 233 g/mol. The summed E-state index contributed by atoms with van der Waals surface area (Å²) in [6.07, 6.45) is 2.71. The van der Waals surface area contributed by atoms with Crippen molar-refractivity contribution in [3.63, 3.8) is 0 Å². The van der Waals surface area contributed by atoms with Crippen LogP contribution in [0.25, 0.3) is 0 Å². The Morgan fingerprint density at radius 3 is 2.87 bits per heavy atom. The average Bonchev–Trinajstić information content (AvgIpc) is 2.51. The number of hydroxylamine groups is 1. The first kappa shape index (κ1) is 11.7. The maximum absolute atomic E-state index is 11.1. The normalized spacial score (nSPS) is 13.1. The van der Waals surface area contributed by atoms with Crippen LogP contribution in [0.5, 0.6) is 0 Å². The van der Waals surface area contributed by atoms with Gasteiger partial charge in [0.15, 0.2) is 6.54 Å². The first-order chi connectivity index (χ1) is 6.95. The van der Waals surface area contributed by atoms with Crippen LogP contribution in [0.4, 0.5) is 0 Å². The second-order valence-electron chi connectivity index (χ2n) is 2.89. The van der Waals surface area contributed by atoms with Crippen molar-refractivity contribution in [2.45, 2.75) is 18.2 Å². The zero-order valence-corrected chi connectivity index (χ0v) is 8.90. The van der Waals surface area contributed by atoms with Gasteiger partial charge in [-0.25, -0.2) is 4.74 Å². The molecule has 1 N–H and O–H groups in total. The third-order valence-corrected chi connectivity index (χ3v) is 2.53. The second kappa shape index (κ2) is 4.45. The van der Waals surface area contributed by atoms with Crippen molar-refractivity contribution >= 4 is 16.3 Å². The summed E-state index contributed by atoms with van der Waals surface area (Å²) in [7, 11) is -4.34. The Morgan fingerprint density at radius 1 is 1.67 bits per heavy atom. The fourth-order valence-electron chi connectivity index (χ4n) is 1.03. The minimum Gasteiger partial charge on any atom is -0.624 e. The van der Waals surface area contributed by atoms with E-state index in [1.807, 2.05) is 6.92 Å². The van der Waals surface area contributed by atoms with Crippen LogP contribution in [0.15, 0.2) is 21.6 Å². The van der Waals surface area contributed by atoms with Crippen LogP contribution in [0.2, 0.25) is 0 Å². The molecule has 0 bridgehead atoms. The van der Waals surface area contributed by atoms with Crippen LogP contribution in [0, 0.1) is 5.21 Å². The molecule has 0 radical (unpaired) electrons. The summed E-state index contributed by atoms with van der Waals surface area (Å²) in [5.74, 6) is -0.166. The molecule has 0 aliphatic rings. The van der Waals surface area contributed by atoms with Crippen molar-refractivity contribution in [1.82, 2.24) is 0 Å². The van der Waals surface area contributed by atoms with Crippen molar-refractivity contribution in [1.29, 1.82) is 0 Å². The molecule has 1 aromatic rings. The van der Waals surface area contributed by atoms with Crippen molar-refractivity contribution in [3.05, 3.63) is 23.3 Å². The fourth-order valence-corrected chi connectivity index (χ4v) is 1.61. The Balaban J connectivity index is 3.07. The lowest BCUT2D eigenvalue weighted by atomic mass is 10.4. The summed E-state index contributed by atoms with van der Waals surface area (Å²) in [5.41, 5.74) is 0. The van der Waals surface area contributed by atoms with Gasteiger partial charge in [-0.05, 0) is 6.07 Å². The molecule has 1 heterocycles. The molecule has 0 spiro atoms. The van der Waals surface area contributed by atoms with E-state index in [0.717, 1.165) is 18.5 Å². The lowest BCUT2D eigenvalue weighted by molar-refractivity contribution is -0.452. The Morgan fingerprint density at radius 2 is 2.33 bits per heavy atom. The molecule has 1 aromatic heterocycles. The van der Waals surface area contributed by atoms with Gasteiger partial charge in [0.2, 0.25) is 12.0 Å². The molecule has 0 fully saturated rings. The van der Waals surface area contributed by atoms with Gasteiger partial charge in [-0.2, -0.15) is 8.42 Å². The second-order valence-corrected chi connectivity index (χ2v) is 4.28. The largest absolute Gasteiger partial charge is 0.624 e. The van der Waals surface area contributed by atoms with E-state index in [1.54, 1.807) is 0 Å². The minimum atomic E-state index is -4.34. The molecule has 6 nitrogen and oxygen atoms in total. The minimum absolute atomic E-state index is 0.166. The molecule has 0 atom stereocenters. The summed E-state index contributed by atoms with van der Waals surface area (Å²) in [5, 5.41) is 11.1. The average molecular weight is 233 g/mol. The van der Waals surface area contributed by atoms with Gasteiger partial charge in [0.25, 0.3) is 10.1 Å². The van der Waals surface area contributed by atoms with E-state index in [0.29, 0.717) is 11.2 Å². The Kier molecular flexibility index (Phi) is 3.48. The summed E-state index contributed by atoms with van der Waals surface area (Å²) >= 11 is 0. The third-order valence-electron chi connectivity index (χ3n) is 1.64. The maximum Gasteiger partial charge on any atom is 0.298 e. The quantitative estimate of drug-likeness (QED) is 0.274. The highest BCUT2D eigenvalue weighted by Crippen LogP contribution is 2.14. The standard InChI is InChI=1S/C8H11NO5S/c1-2-4-9(10)6-7-8(3-5-14-7)15(11,12)13/h3,5-6H,2,4H2,1H3,(H,11,12,13). The van der Waals surface area contributed by atoms with E-state index in [-0.39, 0.29) is 12.3 Å². The lowest BCUT2D eigenvalue weighted by Crippen LogP contribution is -2.08. The Hall–Kier alpha value is -1.34. The van der Waals surface area contributed by atoms with E-state index >= 15 is 0 Å². The van der Waals surface area contributed by atoms with Gasteiger partial charge < -0.3 is 9.62 Å². The van der Waals surface area contributed by atoms with Gasteiger partial charge in [-0.3, -0.25) is 4.55 Å². The van der Waals surface area contributed by atoms with Crippen LogP contribution < -0.4 is 0 Å². The topological polar surface area (TPSA) is 93.6 Å². The first-order valence-corrected chi connectivity index (χ1v) is 5.72. The summed E-state index contributed by atoms with van der Waals surface area (Å²) < 4.78 is 35.7. The molecule has 1 rings (SSSR count). The summed E-state index contributed by atoms with van der Waals surface area (Å²) in [6.45, 7) is 2.04. The highest BCUT2D eigenvalue weighted by molar-refractivity contribution is 7.86. The highest BCUT2D eigenvalue weighted by Gasteiger charge is 2.19. The number of hydrogen-bond acceptors (Lipinski definition) is 4. The van der Waals surface area contributed by atoms with Crippen molar-refractivity contribution < 1.29 is 22.1 Å². The number of furan rings is 1. The van der Waals surface area contributed by atoms with Gasteiger partial charge in [-0.1, -0.05) is 6.92 Å². The molecular formula is C8H11NO5S. The molecule has 15 heavy (non-hydrogen) atoms. The van der Waals surface area contributed by atoms with Gasteiger partial charge >= 0.3 is 0 Å². The number of nitrogens with zero attached hydrogens (tertiary/aromatic N) is 1. The smallest absolute Gasteiger partial charge is 0.298 e. The lowest BCUT2D eigenvalue weighted by Gasteiger charge is -2.00. The molecule has 0 saturated carbocycles. The molecule has 0 amide bonds. The van der Waals surface area contributed by atoms with Crippen LogP contribution in [0.3, 0.4) is 0 Å². The molecule has 0 aliphatic heterocycles. The molecular weight excluding hydrogens is 222 g/mol. The molecule has 0 saturated heterocycles. The van der Waals surface area contributed by atoms with E-state index in [9.17, 15) is 13.6 Å². The predicted molar refractivity (Wildman–Crippen MR) is 52.5 cm³/mol. The fraction of sp³-hybridized carbons (Fsp3) is 0.375. The molecule has 0 unspecified atom stereocenters. The number of hydrogen-bond donors (Lipinski definition) is 1. The summed E-state index contributed by atoms with van der Waals surface area (Å²) in [4.78, 5) is -0.403. The SMILES string of the molecule is CCC[N+]([O-])=Cc1occc1S(=O)(=O)O. The van der Waals surface area contributed by atoms with Crippen LogP contribution in [0.1, 0.15) is 19.1 Å². The van der Waals surface area contributed by atoms with Crippen LogP contribution in [-0.2, 0) is 10.1 Å². The van der Waals surface area contributed by atoms with Gasteiger partial charge in [0, 0.05) is 6.42 Å². The Labute approximate surface area is 87.2 Å². The van der Waals surface area contributed by atoms with Crippen molar-refractivity contribution in [3.8, 4) is 0 Å². The van der Waals surface area contributed by atoms with E-state index < -0.39 is 15.0 Å². The number of rotatable bonds is 4. The molecule has 7 heteroatoms. The highest BCUT2D eigenvalue weighted by atomic mass is 32.2. The zero-order chi connectivity index (χ0) is 11.5. The van der Waals surface area contributed by atoms with Gasteiger partial charge in [0.1, 0.15) is 4.90 Å². The van der Waals surface area contributed by atoms with Crippen LogP contribution in [-0.4, -0.2) is 30.5 Å². The van der Waals surface area contributed by atoms with Crippen molar-refractivity contribution in [2.75, 3.05) is 6.54 Å². The van der Waals surface area contributed by atoms with Crippen molar-refractivity contribution in [2.24, 2.45) is 0 Å². The summed E-state index contributed by atoms with van der Waals surface area (Å²) in [6, 6.07) is 1.08. The van der Waals surface area contributed by atoms with Crippen LogP contribution >= 0.6 is 0 Å². The van der Waals surface area contributed by atoms with E-state index in [1.165, 1.54) is 0 Å².